The Kier molecular flexibility index (Phi) is 3.57. The Morgan fingerprint density at radius 3 is 2.36 bits per heavy atom. The average Bonchev–Trinajstić information content (AvgIpc) is 2.23. The van der Waals surface area contributed by atoms with E-state index in [-0.39, 0.29) is 0 Å². The van der Waals surface area contributed by atoms with E-state index in [1.54, 1.807) is 0 Å². The molecule has 80 valence electrons. The minimum absolute atomic E-state index is 0.423. The van der Waals surface area contributed by atoms with E-state index in [1.165, 1.54) is 51.4 Å². The van der Waals surface area contributed by atoms with Crippen LogP contribution in [0.2, 0.25) is 0 Å². The highest BCUT2D eigenvalue weighted by molar-refractivity contribution is 5.87. The third-order valence-corrected chi connectivity index (χ3v) is 3.65. The summed E-state index contributed by atoms with van der Waals surface area (Å²) in [4.78, 5) is 0. The second kappa shape index (κ2) is 4.92. The molecule has 0 aromatic rings. The highest BCUT2D eigenvalue weighted by atomic mass is 15.0. The minimum Gasteiger partial charge on any atom is -0.308 e. The molecule has 2 nitrogen and oxygen atoms in total. The van der Waals surface area contributed by atoms with Crippen LogP contribution in [-0.4, -0.2) is 17.8 Å². The molecule has 0 spiro atoms. The normalized spacial score (nSPS) is 30.6. The van der Waals surface area contributed by atoms with Gasteiger partial charge in [0.2, 0.25) is 0 Å². The van der Waals surface area contributed by atoms with Crippen molar-refractivity contribution in [1.29, 1.82) is 5.41 Å². The molecule has 2 heteroatoms. The van der Waals surface area contributed by atoms with E-state index in [4.69, 9.17) is 5.41 Å². The first kappa shape index (κ1) is 10.2. The lowest BCUT2D eigenvalue weighted by molar-refractivity contribution is 0.346. The summed E-state index contributed by atoms with van der Waals surface area (Å²) < 4.78 is 0. The van der Waals surface area contributed by atoms with Gasteiger partial charge in [-0.05, 0) is 32.1 Å². The van der Waals surface area contributed by atoms with Gasteiger partial charge in [0.05, 0.1) is 0 Å². The van der Waals surface area contributed by atoms with Crippen LogP contribution in [0.3, 0.4) is 0 Å². The zero-order valence-electron chi connectivity index (χ0n) is 9.02. The second-order valence-corrected chi connectivity index (χ2v) is 4.83. The summed E-state index contributed by atoms with van der Waals surface area (Å²) in [5, 5.41) is 11.6. The highest BCUT2D eigenvalue weighted by Gasteiger charge is 2.22. The molecule has 14 heavy (non-hydrogen) atoms. The van der Waals surface area contributed by atoms with Gasteiger partial charge in [-0.3, -0.25) is 0 Å². The number of rotatable bonds is 2. The molecule has 2 N–H and O–H groups in total. The fraction of sp³-hybridized carbons (Fsp3) is 0.917. The standard InChI is InChI=1S/C12H22N2/c13-11-8-4-5-9-12(11)14-10-6-2-1-3-7-10/h10,12-14H,1-9H2. The van der Waals surface area contributed by atoms with Gasteiger partial charge in [0.25, 0.3) is 0 Å². The van der Waals surface area contributed by atoms with Gasteiger partial charge in [0.15, 0.2) is 0 Å². The third-order valence-electron chi connectivity index (χ3n) is 3.65. The summed E-state index contributed by atoms with van der Waals surface area (Å²) in [6.45, 7) is 0. The van der Waals surface area contributed by atoms with Gasteiger partial charge in [-0.15, -0.1) is 0 Å². The van der Waals surface area contributed by atoms with E-state index in [0.717, 1.165) is 12.1 Å². The maximum atomic E-state index is 7.90. The maximum absolute atomic E-state index is 7.90. The monoisotopic (exact) mass is 194 g/mol. The quantitative estimate of drug-likeness (QED) is 0.696. The van der Waals surface area contributed by atoms with E-state index >= 15 is 0 Å². The number of hydrogen-bond acceptors (Lipinski definition) is 2. The first-order valence-corrected chi connectivity index (χ1v) is 6.19. The molecule has 1 atom stereocenters. The Bertz CT molecular complexity index is 194. The minimum atomic E-state index is 0.423. The van der Waals surface area contributed by atoms with Gasteiger partial charge in [0.1, 0.15) is 0 Å². The molecule has 0 aromatic heterocycles. The van der Waals surface area contributed by atoms with Crippen molar-refractivity contribution in [3.63, 3.8) is 0 Å². The predicted octanol–water partition coefficient (Wildman–Crippen LogP) is 2.87. The van der Waals surface area contributed by atoms with E-state index < -0.39 is 0 Å². The Morgan fingerprint density at radius 1 is 0.929 bits per heavy atom. The third kappa shape index (κ3) is 2.57. The largest absolute Gasteiger partial charge is 0.308 e. The maximum Gasteiger partial charge on any atom is 0.0450 e. The molecular weight excluding hydrogens is 172 g/mol. The van der Waals surface area contributed by atoms with Crippen molar-refractivity contribution in [2.45, 2.75) is 69.9 Å². The Hall–Kier alpha value is -0.370. The van der Waals surface area contributed by atoms with Gasteiger partial charge < -0.3 is 10.7 Å². The lowest BCUT2D eigenvalue weighted by Gasteiger charge is -2.31. The van der Waals surface area contributed by atoms with Crippen LogP contribution in [-0.2, 0) is 0 Å². The summed E-state index contributed by atoms with van der Waals surface area (Å²) in [7, 11) is 0. The van der Waals surface area contributed by atoms with E-state index in [2.05, 4.69) is 5.32 Å². The van der Waals surface area contributed by atoms with Crippen LogP contribution in [0.15, 0.2) is 0 Å². The van der Waals surface area contributed by atoms with Crippen LogP contribution in [0.4, 0.5) is 0 Å². The van der Waals surface area contributed by atoms with E-state index in [9.17, 15) is 0 Å². The van der Waals surface area contributed by atoms with Gasteiger partial charge in [-0.2, -0.15) is 0 Å². The molecule has 0 amide bonds. The predicted molar refractivity (Wildman–Crippen MR) is 60.0 cm³/mol. The molecule has 0 heterocycles. The Labute approximate surface area is 87.0 Å². The zero-order valence-corrected chi connectivity index (χ0v) is 9.02. The van der Waals surface area contributed by atoms with Crippen LogP contribution in [0.25, 0.3) is 0 Å². The van der Waals surface area contributed by atoms with Crippen LogP contribution in [0.5, 0.6) is 0 Å². The van der Waals surface area contributed by atoms with Crippen LogP contribution in [0, 0.1) is 5.41 Å². The molecule has 1 unspecified atom stereocenters. The lowest BCUT2D eigenvalue weighted by atomic mass is 9.90. The molecule has 2 fully saturated rings. The van der Waals surface area contributed by atoms with Crippen molar-refractivity contribution < 1.29 is 0 Å². The molecule has 2 rings (SSSR count). The smallest absolute Gasteiger partial charge is 0.0450 e. The molecule has 2 aliphatic carbocycles. The molecule has 2 aliphatic rings. The first-order chi connectivity index (χ1) is 6.86. The molecule has 0 saturated heterocycles. The van der Waals surface area contributed by atoms with Crippen molar-refractivity contribution in [2.24, 2.45) is 0 Å². The first-order valence-electron chi connectivity index (χ1n) is 6.19. The summed E-state index contributed by atoms with van der Waals surface area (Å²) in [6, 6.07) is 1.14. The Morgan fingerprint density at radius 2 is 1.64 bits per heavy atom. The van der Waals surface area contributed by atoms with Crippen molar-refractivity contribution >= 4 is 5.71 Å². The van der Waals surface area contributed by atoms with E-state index in [1.807, 2.05) is 0 Å². The van der Waals surface area contributed by atoms with Crippen molar-refractivity contribution in [1.82, 2.24) is 5.32 Å². The van der Waals surface area contributed by atoms with Gasteiger partial charge >= 0.3 is 0 Å². The SMILES string of the molecule is N=C1CCCCC1NC1CCCCC1. The summed E-state index contributed by atoms with van der Waals surface area (Å²) >= 11 is 0. The lowest BCUT2D eigenvalue weighted by Crippen LogP contribution is -2.45. The fourth-order valence-corrected chi connectivity index (χ4v) is 2.75. The number of hydrogen-bond donors (Lipinski definition) is 2. The fourth-order valence-electron chi connectivity index (χ4n) is 2.75. The molecule has 2 saturated carbocycles. The van der Waals surface area contributed by atoms with Gasteiger partial charge in [-0.1, -0.05) is 25.7 Å². The summed E-state index contributed by atoms with van der Waals surface area (Å²) in [5.41, 5.74) is 0.960. The molecule has 0 aromatic carbocycles. The summed E-state index contributed by atoms with van der Waals surface area (Å²) in [6.07, 6.45) is 11.7. The van der Waals surface area contributed by atoms with Crippen LogP contribution < -0.4 is 5.32 Å². The van der Waals surface area contributed by atoms with Gasteiger partial charge in [-0.25, -0.2) is 0 Å². The second-order valence-electron chi connectivity index (χ2n) is 4.83. The van der Waals surface area contributed by atoms with Crippen LogP contribution in [0.1, 0.15) is 57.8 Å². The Balaban J connectivity index is 1.79. The zero-order chi connectivity index (χ0) is 9.80. The molecule has 0 aliphatic heterocycles. The van der Waals surface area contributed by atoms with Crippen molar-refractivity contribution in [2.75, 3.05) is 0 Å². The highest BCUT2D eigenvalue weighted by Crippen LogP contribution is 2.21. The van der Waals surface area contributed by atoms with Crippen molar-refractivity contribution in [3.8, 4) is 0 Å². The van der Waals surface area contributed by atoms with E-state index in [0.29, 0.717) is 12.1 Å². The average molecular weight is 194 g/mol. The summed E-state index contributed by atoms with van der Waals surface area (Å²) in [5.74, 6) is 0. The molecular formula is C12H22N2. The number of nitrogens with one attached hydrogen (secondary N) is 2. The van der Waals surface area contributed by atoms with Crippen molar-refractivity contribution in [3.05, 3.63) is 0 Å². The molecule has 0 radical (unpaired) electrons. The molecule has 0 bridgehead atoms. The topological polar surface area (TPSA) is 35.9 Å². The van der Waals surface area contributed by atoms with Crippen LogP contribution >= 0.6 is 0 Å². The van der Waals surface area contributed by atoms with Gasteiger partial charge in [0, 0.05) is 17.8 Å².